The predicted molar refractivity (Wildman–Crippen MR) is 105 cm³/mol. The van der Waals surface area contributed by atoms with Crippen molar-refractivity contribution in [1.29, 1.82) is 0 Å². The van der Waals surface area contributed by atoms with E-state index in [-0.39, 0.29) is 11.7 Å². The van der Waals surface area contributed by atoms with E-state index in [2.05, 4.69) is 25.4 Å². The van der Waals surface area contributed by atoms with Crippen molar-refractivity contribution in [3.63, 3.8) is 0 Å². The molecule has 0 spiro atoms. The summed E-state index contributed by atoms with van der Waals surface area (Å²) in [7, 11) is 0. The molecule has 0 unspecified atom stereocenters. The molecule has 7 nitrogen and oxygen atoms in total. The van der Waals surface area contributed by atoms with E-state index in [0.717, 1.165) is 30.8 Å². The third-order valence-corrected chi connectivity index (χ3v) is 5.19. The number of amides is 1. The molecule has 0 radical (unpaired) electrons. The van der Waals surface area contributed by atoms with Crippen LogP contribution in [0.4, 0.5) is 10.2 Å². The minimum absolute atomic E-state index is 0.0438. The molecule has 1 fully saturated rings. The molecule has 2 N–H and O–H groups in total. The summed E-state index contributed by atoms with van der Waals surface area (Å²) in [5, 5.41) is 2.70. The first-order valence-corrected chi connectivity index (χ1v) is 9.48. The largest absolute Gasteiger partial charge is 0.345 e. The molecule has 1 aliphatic heterocycles. The van der Waals surface area contributed by atoms with Crippen LogP contribution in [0.5, 0.6) is 0 Å². The lowest BCUT2D eigenvalue weighted by atomic mass is 9.98. The molecule has 0 aliphatic carbocycles. The van der Waals surface area contributed by atoms with Crippen molar-refractivity contribution in [2.24, 2.45) is 0 Å². The first kappa shape index (κ1) is 18.6. The fourth-order valence-corrected chi connectivity index (χ4v) is 3.61. The van der Waals surface area contributed by atoms with Crippen molar-refractivity contribution in [2.75, 3.05) is 5.43 Å². The van der Waals surface area contributed by atoms with E-state index < -0.39 is 11.4 Å². The van der Waals surface area contributed by atoms with Gasteiger partial charge in [0.2, 0.25) is 5.91 Å². The topological polar surface area (TPSA) is 86.8 Å². The number of fused-ring (bicyclic) bond motifs is 1. The van der Waals surface area contributed by atoms with Gasteiger partial charge in [0.1, 0.15) is 5.65 Å². The van der Waals surface area contributed by atoms with E-state index in [4.69, 9.17) is 11.6 Å². The average molecular weight is 403 g/mol. The summed E-state index contributed by atoms with van der Waals surface area (Å²) in [6.45, 7) is 3.91. The molecule has 1 saturated heterocycles. The Morgan fingerprint density at radius 1 is 1.29 bits per heavy atom. The second-order valence-electron chi connectivity index (χ2n) is 7.50. The molecule has 28 heavy (non-hydrogen) atoms. The minimum Gasteiger partial charge on any atom is -0.345 e. The number of anilines is 1. The highest BCUT2D eigenvalue weighted by molar-refractivity contribution is 6.31. The Kier molecular flexibility index (Phi) is 4.66. The van der Waals surface area contributed by atoms with Crippen LogP contribution in [0.25, 0.3) is 22.4 Å². The molecular weight excluding hydrogens is 383 g/mol. The van der Waals surface area contributed by atoms with Crippen molar-refractivity contribution in [3.8, 4) is 11.4 Å². The second-order valence-corrected chi connectivity index (χ2v) is 7.94. The summed E-state index contributed by atoms with van der Waals surface area (Å²) < 4.78 is 14.5. The van der Waals surface area contributed by atoms with E-state index in [1.54, 1.807) is 12.3 Å². The van der Waals surface area contributed by atoms with Gasteiger partial charge in [-0.1, -0.05) is 18.0 Å². The quantitative estimate of drug-likeness (QED) is 0.681. The maximum Gasteiger partial charge on any atom is 0.241 e. The first-order chi connectivity index (χ1) is 13.3. The number of hydrogen-bond acceptors (Lipinski definition) is 5. The highest BCUT2D eigenvalue weighted by Crippen LogP contribution is 2.30. The molecule has 3 aromatic rings. The van der Waals surface area contributed by atoms with Gasteiger partial charge in [-0.25, -0.2) is 24.4 Å². The van der Waals surface area contributed by atoms with Crippen LogP contribution in [-0.2, 0) is 4.79 Å². The molecule has 0 bridgehead atoms. The Labute approximate surface area is 166 Å². The van der Waals surface area contributed by atoms with E-state index in [1.165, 1.54) is 11.2 Å². The Balaban J connectivity index is 1.73. The number of carbonyl (C=O) groups excluding carboxylic acids is 1. The normalized spacial score (nSPS) is 17.0. The fourth-order valence-electron chi connectivity index (χ4n) is 3.45. The smallest absolute Gasteiger partial charge is 0.241 e. The number of rotatable bonds is 3. The van der Waals surface area contributed by atoms with Crippen LogP contribution in [0.2, 0.25) is 5.02 Å². The van der Waals surface area contributed by atoms with E-state index in [0.29, 0.717) is 28.5 Å². The van der Waals surface area contributed by atoms with Gasteiger partial charge in [0, 0.05) is 29.8 Å². The van der Waals surface area contributed by atoms with Gasteiger partial charge in [0.15, 0.2) is 17.5 Å². The van der Waals surface area contributed by atoms with Crippen molar-refractivity contribution in [3.05, 3.63) is 35.5 Å². The summed E-state index contributed by atoms with van der Waals surface area (Å²) in [6.07, 6.45) is 7.33. The Bertz CT molecular complexity index is 1050. The zero-order valence-electron chi connectivity index (χ0n) is 15.6. The van der Waals surface area contributed by atoms with Crippen LogP contribution in [0.3, 0.4) is 0 Å². The van der Waals surface area contributed by atoms with Crippen molar-refractivity contribution in [1.82, 2.24) is 24.9 Å². The number of pyridine rings is 1. The Morgan fingerprint density at radius 3 is 2.93 bits per heavy atom. The first-order valence-electron chi connectivity index (χ1n) is 9.10. The predicted octanol–water partition coefficient (Wildman–Crippen LogP) is 4.32. The molecule has 0 atom stereocenters. The van der Waals surface area contributed by atoms with Crippen molar-refractivity contribution in [2.45, 2.75) is 45.1 Å². The highest BCUT2D eigenvalue weighted by atomic mass is 35.5. The number of H-pyrrole nitrogens is 1. The van der Waals surface area contributed by atoms with Gasteiger partial charge < -0.3 is 4.98 Å². The number of halogens is 2. The molecule has 3 aromatic heterocycles. The molecule has 1 amide bonds. The lowest BCUT2D eigenvalue weighted by molar-refractivity contribution is -0.133. The number of aromatic nitrogens is 4. The molecule has 1 aliphatic rings. The van der Waals surface area contributed by atoms with Crippen LogP contribution in [0, 0.1) is 5.82 Å². The molecule has 4 rings (SSSR count). The maximum atomic E-state index is 14.5. The molecule has 9 heteroatoms. The Hall–Kier alpha value is -2.74. The van der Waals surface area contributed by atoms with Crippen LogP contribution in [-0.4, -0.2) is 36.4 Å². The summed E-state index contributed by atoms with van der Waals surface area (Å²) in [4.78, 5) is 28.2. The number of nitrogens with one attached hydrogen (secondary N) is 2. The van der Waals surface area contributed by atoms with Gasteiger partial charge in [-0.2, -0.15) is 0 Å². The van der Waals surface area contributed by atoms with Gasteiger partial charge in [0.05, 0.1) is 16.8 Å². The number of aromatic amines is 1. The third-order valence-electron chi connectivity index (χ3n) is 4.98. The number of hydrogen-bond donors (Lipinski definition) is 2. The zero-order chi connectivity index (χ0) is 19.9. The Morgan fingerprint density at radius 2 is 2.11 bits per heavy atom. The van der Waals surface area contributed by atoms with Gasteiger partial charge in [-0.15, -0.1) is 0 Å². The van der Waals surface area contributed by atoms with Crippen LogP contribution in [0.15, 0.2) is 24.7 Å². The minimum atomic E-state index is -0.632. The van der Waals surface area contributed by atoms with Gasteiger partial charge >= 0.3 is 0 Å². The summed E-state index contributed by atoms with van der Waals surface area (Å²) in [6, 6.07) is 1.75. The maximum absolute atomic E-state index is 14.5. The number of carbonyl (C=O) groups is 1. The summed E-state index contributed by atoms with van der Waals surface area (Å²) >= 11 is 6.05. The van der Waals surface area contributed by atoms with Gasteiger partial charge in [0.25, 0.3) is 0 Å². The molecule has 4 heterocycles. The van der Waals surface area contributed by atoms with Gasteiger partial charge in [-0.05, 0) is 32.8 Å². The SMILES string of the molecule is CC1(C)CCCCC(=O)N1Nc1nc(-c2c[nH]c3ncc(Cl)cc23)ncc1F. The number of hydrazine groups is 1. The number of nitrogens with zero attached hydrogens (tertiary/aromatic N) is 4. The lowest BCUT2D eigenvalue weighted by Gasteiger charge is -2.37. The lowest BCUT2D eigenvalue weighted by Crippen LogP contribution is -2.50. The van der Waals surface area contributed by atoms with E-state index in [9.17, 15) is 9.18 Å². The monoisotopic (exact) mass is 402 g/mol. The highest BCUT2D eigenvalue weighted by Gasteiger charge is 2.34. The van der Waals surface area contributed by atoms with Crippen LogP contribution < -0.4 is 5.43 Å². The zero-order valence-corrected chi connectivity index (χ0v) is 16.3. The van der Waals surface area contributed by atoms with E-state index >= 15 is 0 Å². The van der Waals surface area contributed by atoms with Crippen molar-refractivity contribution < 1.29 is 9.18 Å². The average Bonchev–Trinajstić information content (AvgIpc) is 3.01. The van der Waals surface area contributed by atoms with Crippen LogP contribution in [0.1, 0.15) is 39.5 Å². The summed E-state index contributed by atoms with van der Waals surface area (Å²) in [5.74, 6) is -0.449. The summed E-state index contributed by atoms with van der Waals surface area (Å²) in [5.41, 5.74) is 3.72. The molecule has 146 valence electrons. The molecule has 0 aromatic carbocycles. The van der Waals surface area contributed by atoms with Crippen LogP contribution >= 0.6 is 11.6 Å². The van der Waals surface area contributed by atoms with Crippen molar-refractivity contribution >= 4 is 34.4 Å². The fraction of sp³-hybridized carbons (Fsp3) is 0.368. The second kappa shape index (κ2) is 7.01. The van der Waals surface area contributed by atoms with Gasteiger partial charge in [-0.3, -0.25) is 10.2 Å². The van der Waals surface area contributed by atoms with E-state index in [1.807, 2.05) is 13.8 Å². The molecular formula is C19H20ClFN6O. The molecule has 0 saturated carbocycles. The third kappa shape index (κ3) is 3.40. The standard InChI is InChI=1S/C19H20ClFN6O/c1-19(2)6-4-3-5-15(28)27(19)26-18-14(21)10-24-17(25-18)13-9-23-16-12(13)7-11(20)8-22-16/h7-10H,3-6H2,1-2H3,(H,22,23)(H,24,25,26).